The van der Waals surface area contributed by atoms with Crippen molar-refractivity contribution >= 4 is 29.1 Å². The number of hydrogen-bond acceptors (Lipinski definition) is 6. The quantitative estimate of drug-likeness (QED) is 0.416. The van der Waals surface area contributed by atoms with Gasteiger partial charge in [0.1, 0.15) is 17.3 Å². The molecular weight excluding hydrogens is 408 g/mol. The van der Waals surface area contributed by atoms with Crippen molar-refractivity contribution in [2.24, 2.45) is 0 Å². The number of phenolic OH excluding ortho intramolecular Hbond substituents is 1. The molecule has 1 atom stereocenters. The van der Waals surface area contributed by atoms with Crippen LogP contribution in [0.4, 0.5) is 0 Å². The van der Waals surface area contributed by atoms with Gasteiger partial charge in [-0.2, -0.15) is 0 Å². The molecule has 0 radical (unpaired) electrons. The number of likely N-dealkylation sites (tertiary alicyclic amines) is 1. The van der Waals surface area contributed by atoms with E-state index in [0.717, 1.165) is 0 Å². The van der Waals surface area contributed by atoms with Gasteiger partial charge in [-0.15, -0.1) is 0 Å². The van der Waals surface area contributed by atoms with E-state index in [1.54, 1.807) is 30.3 Å². The van der Waals surface area contributed by atoms with Crippen LogP contribution >= 0.6 is 11.6 Å². The molecule has 1 aliphatic rings. The number of likely N-dealkylation sites (N-methyl/N-ethyl adjacent to an activating group) is 1. The summed E-state index contributed by atoms with van der Waals surface area (Å²) in [5, 5.41) is 21.8. The lowest BCUT2D eigenvalue weighted by Crippen LogP contribution is -2.35. The lowest BCUT2D eigenvalue weighted by atomic mass is 9.95. The average molecular weight is 431 g/mol. The van der Waals surface area contributed by atoms with Crippen molar-refractivity contribution in [1.82, 2.24) is 9.80 Å². The number of aliphatic hydroxyl groups is 1. The summed E-state index contributed by atoms with van der Waals surface area (Å²) in [5.74, 6) is -1.85. The number of rotatable bonds is 6. The summed E-state index contributed by atoms with van der Waals surface area (Å²) in [6, 6.07) is 10.3. The van der Waals surface area contributed by atoms with E-state index in [4.69, 9.17) is 16.3 Å². The second kappa shape index (κ2) is 8.77. The topological polar surface area (TPSA) is 90.3 Å². The molecule has 0 spiro atoms. The molecule has 1 fully saturated rings. The lowest BCUT2D eigenvalue weighted by molar-refractivity contribution is -0.140. The van der Waals surface area contributed by atoms with Crippen molar-refractivity contribution in [3.05, 3.63) is 64.2 Å². The van der Waals surface area contributed by atoms with Crippen molar-refractivity contribution in [2.45, 2.75) is 6.04 Å². The lowest BCUT2D eigenvalue weighted by Gasteiger charge is -2.26. The number of aromatic hydroxyl groups is 1. The zero-order valence-corrected chi connectivity index (χ0v) is 17.7. The van der Waals surface area contributed by atoms with Crippen LogP contribution in [0, 0.1) is 0 Å². The predicted molar refractivity (Wildman–Crippen MR) is 114 cm³/mol. The maximum Gasteiger partial charge on any atom is 0.295 e. The number of aliphatic hydroxyl groups excluding tert-OH is 1. The fraction of sp³-hybridized carbons (Fsp3) is 0.273. The number of ether oxygens (including phenoxy) is 1. The van der Waals surface area contributed by atoms with Gasteiger partial charge in [0.25, 0.3) is 11.7 Å². The van der Waals surface area contributed by atoms with E-state index >= 15 is 0 Å². The van der Waals surface area contributed by atoms with Crippen LogP contribution in [0.25, 0.3) is 5.76 Å². The first-order chi connectivity index (χ1) is 14.2. The zero-order chi connectivity index (χ0) is 22.0. The summed E-state index contributed by atoms with van der Waals surface area (Å²) in [6.07, 6.45) is 0. The maximum atomic E-state index is 12.9. The summed E-state index contributed by atoms with van der Waals surface area (Å²) >= 11 is 6.15. The Kier molecular flexibility index (Phi) is 6.34. The van der Waals surface area contributed by atoms with Crippen molar-refractivity contribution in [2.75, 3.05) is 34.3 Å². The Bertz CT molecular complexity index is 1020. The van der Waals surface area contributed by atoms with Gasteiger partial charge in [0.2, 0.25) is 0 Å². The molecule has 1 amide bonds. The number of Topliss-reactive ketones (excluding diaryl/α,β-unsaturated/α-hetero) is 1. The molecule has 30 heavy (non-hydrogen) atoms. The van der Waals surface area contributed by atoms with Gasteiger partial charge in [0.15, 0.2) is 0 Å². The smallest absolute Gasteiger partial charge is 0.295 e. The molecule has 7 nitrogen and oxygen atoms in total. The number of amides is 1. The molecule has 2 aromatic rings. The highest BCUT2D eigenvalue weighted by molar-refractivity contribution is 6.46. The second-order valence-electron chi connectivity index (χ2n) is 7.23. The first-order valence-electron chi connectivity index (χ1n) is 9.30. The van der Waals surface area contributed by atoms with E-state index in [1.807, 2.05) is 19.0 Å². The molecule has 1 aliphatic heterocycles. The molecule has 3 rings (SSSR count). The Morgan fingerprint density at radius 1 is 1.20 bits per heavy atom. The Hall–Kier alpha value is -3.03. The Balaban J connectivity index is 2.17. The van der Waals surface area contributed by atoms with Gasteiger partial charge in [0.05, 0.1) is 24.3 Å². The van der Waals surface area contributed by atoms with Gasteiger partial charge >= 0.3 is 0 Å². The fourth-order valence-corrected chi connectivity index (χ4v) is 3.62. The predicted octanol–water partition coefficient (Wildman–Crippen LogP) is 3.04. The molecule has 2 N–H and O–H groups in total. The number of methoxy groups -OCH3 is 1. The van der Waals surface area contributed by atoms with E-state index in [1.165, 1.54) is 24.1 Å². The minimum Gasteiger partial charge on any atom is -0.507 e. The summed E-state index contributed by atoms with van der Waals surface area (Å²) in [6.45, 7) is 0.804. The van der Waals surface area contributed by atoms with Crippen molar-refractivity contribution in [1.29, 1.82) is 0 Å². The third kappa shape index (κ3) is 4.13. The number of carbonyl (C=O) groups excluding carboxylic acids is 2. The van der Waals surface area contributed by atoms with Crippen LogP contribution in [0.15, 0.2) is 48.0 Å². The van der Waals surface area contributed by atoms with Gasteiger partial charge in [0, 0.05) is 24.2 Å². The number of phenols is 1. The van der Waals surface area contributed by atoms with Gasteiger partial charge in [-0.05, 0) is 43.9 Å². The van der Waals surface area contributed by atoms with E-state index in [-0.39, 0.29) is 23.4 Å². The number of halogens is 1. The van der Waals surface area contributed by atoms with Gasteiger partial charge in [-0.25, -0.2) is 0 Å². The molecule has 1 unspecified atom stereocenters. The SMILES string of the molecule is COc1ccc(C(O)=C2C(=O)C(=O)N(CCN(C)C)C2c2cccc(Cl)c2)c(O)c1. The second-order valence-corrected chi connectivity index (χ2v) is 7.67. The molecule has 1 saturated heterocycles. The molecule has 0 saturated carbocycles. The molecular formula is C22H23ClN2O5. The normalized spacial score (nSPS) is 18.3. The highest BCUT2D eigenvalue weighted by atomic mass is 35.5. The summed E-state index contributed by atoms with van der Waals surface area (Å²) in [7, 11) is 5.17. The number of carbonyl (C=O) groups is 2. The molecule has 2 aromatic carbocycles. The molecule has 0 aliphatic carbocycles. The van der Waals surface area contributed by atoms with Crippen LogP contribution in [-0.4, -0.2) is 66.0 Å². The van der Waals surface area contributed by atoms with E-state index < -0.39 is 23.5 Å². The largest absolute Gasteiger partial charge is 0.507 e. The Labute approximate surface area is 179 Å². The average Bonchev–Trinajstić information content (AvgIpc) is 2.96. The first-order valence-corrected chi connectivity index (χ1v) is 9.68. The van der Waals surface area contributed by atoms with Crippen molar-refractivity contribution in [3.8, 4) is 11.5 Å². The molecule has 0 bridgehead atoms. The maximum absolute atomic E-state index is 12.9. The molecule has 158 valence electrons. The van der Waals surface area contributed by atoms with Crippen LogP contribution in [-0.2, 0) is 9.59 Å². The van der Waals surface area contributed by atoms with Gasteiger partial charge in [-0.1, -0.05) is 23.7 Å². The van der Waals surface area contributed by atoms with Gasteiger partial charge < -0.3 is 24.7 Å². The standard InChI is InChI=1S/C22H23ClN2O5/c1-24(2)9-10-25-19(13-5-4-6-14(23)11-13)18(21(28)22(25)29)20(27)16-8-7-15(30-3)12-17(16)26/h4-8,11-12,19,26-27H,9-10H2,1-3H3. The summed E-state index contributed by atoms with van der Waals surface area (Å²) in [4.78, 5) is 29.0. The Morgan fingerprint density at radius 2 is 1.93 bits per heavy atom. The minimum atomic E-state index is -0.829. The molecule has 0 aromatic heterocycles. The monoisotopic (exact) mass is 430 g/mol. The Morgan fingerprint density at radius 3 is 2.53 bits per heavy atom. The number of nitrogens with zero attached hydrogens (tertiary/aromatic N) is 2. The van der Waals surface area contributed by atoms with E-state index in [0.29, 0.717) is 22.9 Å². The highest BCUT2D eigenvalue weighted by Gasteiger charge is 2.46. The van der Waals surface area contributed by atoms with Crippen LogP contribution in [0.1, 0.15) is 17.2 Å². The van der Waals surface area contributed by atoms with Crippen LogP contribution in [0.2, 0.25) is 5.02 Å². The third-order valence-electron chi connectivity index (χ3n) is 4.95. The van der Waals surface area contributed by atoms with Crippen molar-refractivity contribution < 1.29 is 24.5 Å². The van der Waals surface area contributed by atoms with Gasteiger partial charge in [-0.3, -0.25) is 9.59 Å². The highest BCUT2D eigenvalue weighted by Crippen LogP contribution is 2.41. The molecule has 8 heteroatoms. The fourth-order valence-electron chi connectivity index (χ4n) is 3.43. The van der Waals surface area contributed by atoms with Crippen LogP contribution < -0.4 is 4.74 Å². The van der Waals surface area contributed by atoms with Crippen LogP contribution in [0.5, 0.6) is 11.5 Å². The van der Waals surface area contributed by atoms with Crippen LogP contribution in [0.3, 0.4) is 0 Å². The van der Waals surface area contributed by atoms with E-state index in [2.05, 4.69) is 0 Å². The summed E-state index contributed by atoms with van der Waals surface area (Å²) < 4.78 is 5.06. The van der Waals surface area contributed by atoms with E-state index in [9.17, 15) is 19.8 Å². The third-order valence-corrected chi connectivity index (χ3v) is 5.19. The number of benzene rings is 2. The minimum absolute atomic E-state index is 0.0356. The van der Waals surface area contributed by atoms with Crippen molar-refractivity contribution in [3.63, 3.8) is 0 Å². The number of hydrogen-bond donors (Lipinski definition) is 2. The zero-order valence-electron chi connectivity index (χ0n) is 16.9. The number of ketones is 1. The molecule has 1 heterocycles. The summed E-state index contributed by atoms with van der Waals surface area (Å²) in [5.41, 5.74) is 0.532. The first kappa shape index (κ1) is 21.7.